The molecule has 0 heterocycles. The minimum absolute atomic E-state index is 0.179. The molecule has 0 aliphatic carbocycles. The van der Waals surface area contributed by atoms with Gasteiger partial charge in [-0.05, 0) is 53.4 Å². The van der Waals surface area contributed by atoms with Crippen LogP contribution in [0.4, 0.5) is 0 Å². The van der Waals surface area contributed by atoms with Gasteiger partial charge in [-0.25, -0.2) is 0 Å². The number of rotatable bonds is 13. The molecule has 0 spiro atoms. The van der Waals surface area contributed by atoms with E-state index in [2.05, 4.69) is 5.32 Å². The average Bonchev–Trinajstić information content (AvgIpc) is 2.37. The summed E-state index contributed by atoms with van der Waals surface area (Å²) in [5.41, 5.74) is 0. The van der Waals surface area contributed by atoms with Crippen LogP contribution in [0.15, 0.2) is 0 Å². The number of hydrogen-bond acceptors (Lipinski definition) is 6. The van der Waals surface area contributed by atoms with Gasteiger partial charge in [-0.15, -0.1) is 0 Å². The normalized spacial score (nSPS) is 12.5. The molecule has 0 radical (unpaired) electrons. The molecule has 0 bridgehead atoms. The fourth-order valence-electron chi connectivity index (χ4n) is 2.00. The summed E-state index contributed by atoms with van der Waals surface area (Å²) < 4.78 is 22.7. The Morgan fingerprint density at radius 3 is 1.86 bits per heavy atom. The van der Waals surface area contributed by atoms with Crippen LogP contribution in [0.2, 0.25) is 25.7 Å². The van der Waals surface area contributed by atoms with Crippen molar-refractivity contribution >= 4 is 23.1 Å². The van der Waals surface area contributed by atoms with E-state index in [1.807, 2.05) is 40.4 Å². The average molecular weight is 352 g/mol. The first-order valence-electron chi connectivity index (χ1n) is 8.13. The van der Waals surface area contributed by atoms with Crippen molar-refractivity contribution in [3.8, 4) is 0 Å². The third-order valence-corrected chi connectivity index (χ3v) is 6.61. The molecule has 6 nitrogen and oxygen atoms in total. The number of hydrogen-bond donors (Lipinski definition) is 1. The lowest BCUT2D eigenvalue weighted by molar-refractivity contribution is -0.134. The smallest absolute Gasteiger partial charge is 0.500 e. The third kappa shape index (κ3) is 10.5. The van der Waals surface area contributed by atoms with Crippen molar-refractivity contribution in [3.05, 3.63) is 0 Å². The van der Waals surface area contributed by atoms with Crippen LogP contribution in [0.25, 0.3) is 0 Å². The molecule has 0 saturated heterocycles. The lowest BCUT2D eigenvalue weighted by atomic mass is 10.5. The Hall–Kier alpha value is -0.256. The maximum absolute atomic E-state index is 11.6. The minimum atomic E-state index is -2.56. The highest BCUT2D eigenvalue weighted by molar-refractivity contribution is 6.71. The van der Waals surface area contributed by atoms with Crippen molar-refractivity contribution in [2.75, 3.05) is 32.9 Å². The SMILES string of the molecule is CCO[Si](CCCNCC(=O)O[Si](C)(C)C)(OCC)OCC. The molecule has 0 saturated carbocycles. The molecule has 22 heavy (non-hydrogen) atoms. The highest BCUT2D eigenvalue weighted by Gasteiger charge is 2.39. The molecule has 0 fully saturated rings. The summed E-state index contributed by atoms with van der Waals surface area (Å²) in [4.78, 5) is 11.6. The van der Waals surface area contributed by atoms with Gasteiger partial charge < -0.3 is 23.0 Å². The molecule has 0 aromatic heterocycles. The molecule has 0 atom stereocenters. The van der Waals surface area contributed by atoms with E-state index >= 15 is 0 Å². The van der Waals surface area contributed by atoms with Gasteiger partial charge in [-0.3, -0.25) is 4.79 Å². The summed E-state index contributed by atoms with van der Waals surface area (Å²) in [6.45, 7) is 14.6. The molecule has 0 rings (SSSR count). The number of nitrogens with one attached hydrogen (secondary N) is 1. The van der Waals surface area contributed by atoms with Gasteiger partial charge in [-0.2, -0.15) is 0 Å². The van der Waals surface area contributed by atoms with E-state index in [0.29, 0.717) is 26.4 Å². The highest BCUT2D eigenvalue weighted by Crippen LogP contribution is 2.17. The molecule has 0 aromatic rings. The maximum atomic E-state index is 11.6. The predicted octanol–water partition coefficient (Wildman–Crippen LogP) is 2.39. The molecular weight excluding hydrogens is 318 g/mol. The van der Waals surface area contributed by atoms with Gasteiger partial charge >= 0.3 is 14.8 Å². The van der Waals surface area contributed by atoms with Crippen LogP contribution < -0.4 is 5.32 Å². The summed E-state index contributed by atoms with van der Waals surface area (Å²) in [6.07, 6.45) is 0.840. The monoisotopic (exact) mass is 351 g/mol. The number of carbonyl (C=O) groups excluding carboxylic acids is 1. The standard InChI is InChI=1S/C14H33NO5Si2/c1-7-17-22(18-8-2,19-9-3)12-10-11-15-13-14(16)20-21(4,5)6/h15H,7-13H2,1-6H3. The fourth-order valence-corrected chi connectivity index (χ4v) is 5.37. The Bertz CT molecular complexity index is 293. The van der Waals surface area contributed by atoms with E-state index < -0.39 is 17.1 Å². The Morgan fingerprint density at radius 1 is 0.955 bits per heavy atom. The van der Waals surface area contributed by atoms with Gasteiger partial charge in [0, 0.05) is 25.9 Å². The summed E-state index contributed by atoms with van der Waals surface area (Å²) in [7, 11) is -4.35. The first-order valence-corrected chi connectivity index (χ1v) is 13.5. The number of carbonyl (C=O) groups is 1. The predicted molar refractivity (Wildman–Crippen MR) is 92.4 cm³/mol. The van der Waals surface area contributed by atoms with E-state index in [1.54, 1.807) is 0 Å². The second kappa shape index (κ2) is 11.3. The van der Waals surface area contributed by atoms with Crippen LogP contribution >= 0.6 is 0 Å². The molecule has 8 heteroatoms. The van der Waals surface area contributed by atoms with E-state index in [1.165, 1.54) is 0 Å². The van der Waals surface area contributed by atoms with Crippen molar-refractivity contribution in [3.63, 3.8) is 0 Å². The lowest BCUT2D eigenvalue weighted by Crippen LogP contribution is -2.46. The Kier molecular flexibility index (Phi) is 11.2. The van der Waals surface area contributed by atoms with Gasteiger partial charge in [0.25, 0.3) is 0 Å². The van der Waals surface area contributed by atoms with Crippen LogP contribution in [0.5, 0.6) is 0 Å². The quantitative estimate of drug-likeness (QED) is 0.406. The first kappa shape index (κ1) is 21.7. The van der Waals surface area contributed by atoms with Crippen LogP contribution in [0.1, 0.15) is 27.2 Å². The van der Waals surface area contributed by atoms with Gasteiger partial charge in [0.05, 0.1) is 6.54 Å². The summed E-state index contributed by atoms with van der Waals surface area (Å²) >= 11 is 0. The fraction of sp³-hybridized carbons (Fsp3) is 0.929. The third-order valence-electron chi connectivity index (χ3n) is 2.62. The Balaban J connectivity index is 4.09. The van der Waals surface area contributed by atoms with Crippen molar-refractivity contribution in [1.29, 1.82) is 0 Å². The zero-order valence-corrected chi connectivity index (χ0v) is 17.0. The minimum Gasteiger partial charge on any atom is -0.519 e. The second-order valence-electron chi connectivity index (χ2n) is 5.85. The zero-order chi connectivity index (χ0) is 17.1. The summed E-state index contributed by atoms with van der Waals surface area (Å²) in [5.74, 6) is -0.179. The van der Waals surface area contributed by atoms with E-state index in [0.717, 1.165) is 12.5 Å². The van der Waals surface area contributed by atoms with Gasteiger partial charge in [0.2, 0.25) is 8.32 Å². The van der Waals surface area contributed by atoms with Crippen molar-refractivity contribution in [2.24, 2.45) is 0 Å². The zero-order valence-electron chi connectivity index (χ0n) is 15.0. The summed E-state index contributed by atoms with van der Waals surface area (Å²) in [6, 6.07) is 0.749. The Morgan fingerprint density at radius 2 is 1.45 bits per heavy atom. The van der Waals surface area contributed by atoms with E-state index in [9.17, 15) is 4.79 Å². The molecule has 0 aliphatic heterocycles. The van der Waals surface area contributed by atoms with Crippen LogP contribution in [-0.4, -0.2) is 56.0 Å². The van der Waals surface area contributed by atoms with Crippen molar-refractivity contribution in [1.82, 2.24) is 5.32 Å². The van der Waals surface area contributed by atoms with Gasteiger partial charge in [-0.1, -0.05) is 0 Å². The molecule has 132 valence electrons. The molecule has 1 N–H and O–H groups in total. The summed E-state index contributed by atoms with van der Waals surface area (Å²) in [5, 5.41) is 3.11. The maximum Gasteiger partial charge on any atom is 0.500 e. The molecule has 0 aliphatic rings. The van der Waals surface area contributed by atoms with E-state index in [4.69, 9.17) is 17.7 Å². The van der Waals surface area contributed by atoms with E-state index in [-0.39, 0.29) is 12.5 Å². The van der Waals surface area contributed by atoms with Crippen molar-refractivity contribution < 1.29 is 22.5 Å². The molecule has 0 aromatic carbocycles. The lowest BCUT2D eigenvalue weighted by Gasteiger charge is -2.28. The second-order valence-corrected chi connectivity index (χ2v) is 13.0. The molecular formula is C14H33NO5Si2. The first-order chi connectivity index (χ1) is 10.3. The van der Waals surface area contributed by atoms with Crippen LogP contribution in [-0.2, 0) is 22.5 Å². The molecule has 0 unspecified atom stereocenters. The highest BCUT2D eigenvalue weighted by atomic mass is 28.4. The van der Waals surface area contributed by atoms with Crippen LogP contribution in [0.3, 0.4) is 0 Å². The largest absolute Gasteiger partial charge is 0.519 e. The van der Waals surface area contributed by atoms with Gasteiger partial charge in [0.15, 0.2) is 0 Å². The van der Waals surface area contributed by atoms with Crippen molar-refractivity contribution in [2.45, 2.75) is 52.9 Å². The molecule has 0 amide bonds. The van der Waals surface area contributed by atoms with Gasteiger partial charge in [0.1, 0.15) is 0 Å². The Labute approximate surface area is 137 Å². The topological polar surface area (TPSA) is 66.0 Å². The van der Waals surface area contributed by atoms with Crippen LogP contribution in [0, 0.1) is 0 Å².